The monoisotopic (exact) mass is 613 g/mol. The molecule has 2 heteroatoms. The Hall–Kier alpha value is -3.32. The zero-order chi connectivity index (χ0) is 22.2. The van der Waals surface area contributed by atoms with Crippen LogP contribution in [0.25, 0.3) is 54.7 Å². The van der Waals surface area contributed by atoms with Gasteiger partial charge in [0.25, 0.3) is 0 Å². The fourth-order valence-corrected chi connectivity index (χ4v) is 5.74. The van der Waals surface area contributed by atoms with Gasteiger partial charge in [-0.15, -0.1) is 29.3 Å². The molecule has 0 N–H and O–H groups in total. The second kappa shape index (κ2) is 7.60. The van der Waals surface area contributed by atoms with Crippen LogP contribution in [-0.2, 0) is 25.5 Å². The molecule has 0 aliphatic heterocycles. The van der Waals surface area contributed by atoms with Gasteiger partial charge in [-0.05, 0) is 55.1 Å². The first-order valence-corrected chi connectivity index (χ1v) is 11.5. The van der Waals surface area contributed by atoms with E-state index in [1.807, 2.05) is 6.20 Å². The van der Waals surface area contributed by atoms with Crippen molar-refractivity contribution < 1.29 is 20.1 Å². The Bertz CT molecular complexity index is 1750. The van der Waals surface area contributed by atoms with Crippen molar-refractivity contribution in [3.63, 3.8) is 0 Å². The van der Waals surface area contributed by atoms with Gasteiger partial charge in [0, 0.05) is 26.3 Å². The number of rotatable bonds is 1. The molecule has 1 heterocycles. The number of aromatic nitrogens is 1. The van der Waals surface area contributed by atoms with Crippen LogP contribution in [0.15, 0.2) is 97.2 Å². The fraction of sp³-hybridized carbons (Fsp3) is 0.0938. The van der Waals surface area contributed by atoms with E-state index in [0.29, 0.717) is 0 Å². The minimum absolute atomic E-state index is 0. The number of hydrogen-bond acceptors (Lipinski definition) is 1. The summed E-state index contributed by atoms with van der Waals surface area (Å²) in [6, 6.07) is 36.5. The fourth-order valence-electron chi connectivity index (χ4n) is 5.74. The van der Waals surface area contributed by atoms with Crippen LogP contribution in [0.1, 0.15) is 25.0 Å². The molecule has 1 radical (unpaired) electrons. The van der Waals surface area contributed by atoms with Crippen LogP contribution in [0.2, 0.25) is 0 Å². The van der Waals surface area contributed by atoms with Gasteiger partial charge >= 0.3 is 0 Å². The maximum Gasteiger partial charge on any atom is 0.0167 e. The average Bonchev–Trinajstić information content (AvgIpc) is 3.09. The summed E-state index contributed by atoms with van der Waals surface area (Å²) >= 11 is 0. The first-order valence-electron chi connectivity index (χ1n) is 11.5. The predicted octanol–water partition coefficient (Wildman–Crippen LogP) is 8.31. The third-order valence-electron chi connectivity index (χ3n) is 7.44. The first kappa shape index (κ1) is 21.2. The number of fused-ring (bicyclic) bond motifs is 8. The Kier molecular flexibility index (Phi) is 4.74. The topological polar surface area (TPSA) is 12.9 Å². The summed E-state index contributed by atoms with van der Waals surface area (Å²) < 4.78 is 0. The summed E-state index contributed by atoms with van der Waals surface area (Å²) in [5, 5.41) is 7.52. The quantitative estimate of drug-likeness (QED) is 0.134. The largest absolute Gasteiger partial charge is 0.304 e. The van der Waals surface area contributed by atoms with Crippen molar-refractivity contribution >= 4 is 32.3 Å². The number of hydrogen-bond donors (Lipinski definition) is 0. The van der Waals surface area contributed by atoms with E-state index in [0.717, 1.165) is 11.3 Å². The molecule has 1 aliphatic carbocycles. The van der Waals surface area contributed by atoms with Crippen LogP contribution in [0.5, 0.6) is 0 Å². The SMILES string of the molecule is CC1(C)c2ccccc2-c2c[c-]c(-c3nccc4c3ccc3c5ccccc5ccc43)cc21.[Ir]. The molecule has 0 bridgehead atoms. The predicted molar refractivity (Wildman–Crippen MR) is 139 cm³/mol. The summed E-state index contributed by atoms with van der Waals surface area (Å²) in [4.78, 5) is 4.84. The van der Waals surface area contributed by atoms with Gasteiger partial charge in [0.2, 0.25) is 0 Å². The Morgan fingerprint density at radius 2 is 1.35 bits per heavy atom. The van der Waals surface area contributed by atoms with E-state index in [2.05, 4.69) is 111 Å². The van der Waals surface area contributed by atoms with Gasteiger partial charge in [-0.1, -0.05) is 97.8 Å². The standard InChI is InChI=1S/C32H22N.Ir/c1-32(2)29-10-6-5-9-26(29)27-14-12-21(19-30(27)32)31-28-16-15-23-22-8-4-3-7-20(22)11-13-24(23)25(28)17-18-33-31;/h3-11,13-19H,1-2H3;/q-1;. The van der Waals surface area contributed by atoms with E-state index in [-0.39, 0.29) is 25.5 Å². The molecule has 0 atom stereocenters. The average molecular weight is 613 g/mol. The van der Waals surface area contributed by atoms with Gasteiger partial charge in [0.05, 0.1) is 0 Å². The molecule has 1 nitrogen and oxygen atoms in total. The van der Waals surface area contributed by atoms with Gasteiger partial charge in [0.1, 0.15) is 0 Å². The van der Waals surface area contributed by atoms with Gasteiger partial charge in [-0.2, -0.15) is 0 Å². The zero-order valence-electron chi connectivity index (χ0n) is 19.0. The van der Waals surface area contributed by atoms with Crippen molar-refractivity contribution in [1.29, 1.82) is 0 Å². The van der Waals surface area contributed by atoms with E-state index < -0.39 is 0 Å². The summed E-state index contributed by atoms with van der Waals surface area (Å²) in [6.45, 7) is 4.63. The third-order valence-corrected chi connectivity index (χ3v) is 7.44. The minimum Gasteiger partial charge on any atom is -0.304 e. The molecule has 7 rings (SSSR count). The van der Waals surface area contributed by atoms with E-state index in [1.54, 1.807) is 0 Å². The first-order chi connectivity index (χ1) is 16.1. The summed E-state index contributed by atoms with van der Waals surface area (Å²) in [6.07, 6.45) is 1.94. The smallest absolute Gasteiger partial charge is 0.0167 e. The molecule has 0 amide bonds. The maximum atomic E-state index is 4.84. The zero-order valence-corrected chi connectivity index (χ0v) is 21.4. The second-order valence-corrected chi connectivity index (χ2v) is 9.55. The summed E-state index contributed by atoms with van der Waals surface area (Å²) in [5.41, 5.74) is 7.36. The number of benzene rings is 5. The molecule has 1 aromatic heterocycles. The van der Waals surface area contributed by atoms with Crippen LogP contribution in [0.4, 0.5) is 0 Å². The molecule has 0 fully saturated rings. The molecule has 5 aromatic carbocycles. The molecular weight excluding hydrogens is 591 g/mol. The Morgan fingerprint density at radius 3 is 2.26 bits per heavy atom. The molecule has 165 valence electrons. The van der Waals surface area contributed by atoms with Crippen molar-refractivity contribution in [3.05, 3.63) is 114 Å². The summed E-state index contributed by atoms with van der Waals surface area (Å²) in [7, 11) is 0. The number of nitrogens with zero attached hydrogens (tertiary/aromatic N) is 1. The molecule has 0 saturated heterocycles. The molecule has 0 saturated carbocycles. The van der Waals surface area contributed by atoms with E-state index in [4.69, 9.17) is 4.98 Å². The Labute approximate surface area is 212 Å². The van der Waals surface area contributed by atoms with Crippen LogP contribution in [0, 0.1) is 6.07 Å². The van der Waals surface area contributed by atoms with E-state index in [1.165, 1.54) is 54.6 Å². The molecule has 1 aliphatic rings. The van der Waals surface area contributed by atoms with Gasteiger partial charge < -0.3 is 4.98 Å². The molecule has 34 heavy (non-hydrogen) atoms. The van der Waals surface area contributed by atoms with Crippen LogP contribution in [-0.4, -0.2) is 4.98 Å². The van der Waals surface area contributed by atoms with E-state index >= 15 is 0 Å². The molecule has 0 unspecified atom stereocenters. The van der Waals surface area contributed by atoms with E-state index in [9.17, 15) is 0 Å². The molecule has 0 spiro atoms. The van der Waals surface area contributed by atoms with Crippen molar-refractivity contribution in [2.75, 3.05) is 0 Å². The van der Waals surface area contributed by atoms with Crippen molar-refractivity contribution in [3.8, 4) is 22.4 Å². The third kappa shape index (κ3) is 2.86. The Balaban J connectivity index is 0.00000217. The normalized spacial score (nSPS) is 13.6. The maximum absolute atomic E-state index is 4.84. The van der Waals surface area contributed by atoms with Crippen LogP contribution in [0.3, 0.4) is 0 Å². The second-order valence-electron chi connectivity index (χ2n) is 9.55. The minimum atomic E-state index is -0.0357. The van der Waals surface area contributed by atoms with Crippen molar-refractivity contribution in [1.82, 2.24) is 4.98 Å². The Morgan fingerprint density at radius 1 is 0.647 bits per heavy atom. The van der Waals surface area contributed by atoms with Crippen LogP contribution >= 0.6 is 0 Å². The van der Waals surface area contributed by atoms with Gasteiger partial charge in [-0.3, -0.25) is 0 Å². The summed E-state index contributed by atoms with van der Waals surface area (Å²) in [5.74, 6) is 0. The van der Waals surface area contributed by atoms with Crippen molar-refractivity contribution in [2.24, 2.45) is 0 Å². The van der Waals surface area contributed by atoms with Gasteiger partial charge in [0.15, 0.2) is 0 Å². The molecule has 6 aromatic rings. The van der Waals surface area contributed by atoms with Crippen LogP contribution < -0.4 is 0 Å². The van der Waals surface area contributed by atoms with Gasteiger partial charge in [-0.25, -0.2) is 0 Å². The number of pyridine rings is 1. The molecular formula is C32H22IrN-. The van der Waals surface area contributed by atoms with Crippen molar-refractivity contribution in [2.45, 2.75) is 19.3 Å².